The Kier molecular flexibility index (Phi) is 5.10. The third-order valence-electron chi connectivity index (χ3n) is 3.22. The average molecular weight is 325 g/mol. The Morgan fingerprint density at radius 3 is 2.48 bits per heavy atom. The molecule has 0 fully saturated rings. The van der Waals surface area contributed by atoms with Gasteiger partial charge in [0, 0.05) is 25.0 Å². The highest BCUT2D eigenvalue weighted by Gasteiger charge is 2.21. The molecule has 0 radical (unpaired) electrons. The maximum absolute atomic E-state index is 12.5. The molecule has 2 rings (SSSR count). The lowest BCUT2D eigenvalue weighted by molar-refractivity contribution is 0.468. The van der Waals surface area contributed by atoms with Gasteiger partial charge in [-0.25, -0.2) is 13.4 Å². The number of thiazole rings is 1. The van der Waals surface area contributed by atoms with Crippen LogP contribution in [-0.2, 0) is 23.1 Å². The second-order valence-corrected chi connectivity index (χ2v) is 7.78. The summed E-state index contributed by atoms with van der Waals surface area (Å²) in [4.78, 5) is 5.42. The molecule has 0 unspecified atom stereocenters. The summed E-state index contributed by atoms with van der Waals surface area (Å²) in [6.45, 7) is 2.95. The third kappa shape index (κ3) is 3.68. The maximum atomic E-state index is 12.5. The van der Waals surface area contributed by atoms with Gasteiger partial charge in [0.15, 0.2) is 0 Å². The minimum Gasteiger partial charge on any atom is -0.316 e. The number of rotatable bonds is 6. The van der Waals surface area contributed by atoms with Crippen LogP contribution in [0.15, 0.2) is 34.7 Å². The van der Waals surface area contributed by atoms with E-state index in [1.54, 1.807) is 24.7 Å². The molecular formula is C14H19N3O2S2. The molecule has 1 N–H and O–H groups in total. The summed E-state index contributed by atoms with van der Waals surface area (Å²) >= 11 is 1.47. The standard InChI is InChI=1S/C14H19N3O2S2/c1-11-14(20-10-16-11)9-17(3)21(18,19)13-6-4-12(5-7-13)8-15-2/h4-7,10,15H,8-9H2,1-3H3. The number of sulfonamides is 1. The normalized spacial score (nSPS) is 12.0. The molecule has 0 bridgehead atoms. The van der Waals surface area contributed by atoms with E-state index in [-0.39, 0.29) is 0 Å². The van der Waals surface area contributed by atoms with Crippen LogP contribution in [0, 0.1) is 6.92 Å². The summed E-state index contributed by atoms with van der Waals surface area (Å²) in [6.07, 6.45) is 0. The van der Waals surface area contributed by atoms with Gasteiger partial charge in [-0.3, -0.25) is 0 Å². The minimum absolute atomic E-state index is 0.312. The summed E-state index contributed by atoms with van der Waals surface area (Å²) in [5.41, 5.74) is 3.67. The molecule has 0 saturated heterocycles. The van der Waals surface area contributed by atoms with Gasteiger partial charge >= 0.3 is 0 Å². The van der Waals surface area contributed by atoms with Crippen LogP contribution in [0.1, 0.15) is 16.1 Å². The molecule has 114 valence electrons. The van der Waals surface area contributed by atoms with E-state index in [2.05, 4.69) is 10.3 Å². The van der Waals surface area contributed by atoms with E-state index in [9.17, 15) is 8.42 Å². The average Bonchev–Trinajstić information content (AvgIpc) is 2.85. The predicted molar refractivity (Wildman–Crippen MR) is 84.7 cm³/mol. The Morgan fingerprint density at radius 1 is 1.29 bits per heavy atom. The second-order valence-electron chi connectivity index (χ2n) is 4.80. The van der Waals surface area contributed by atoms with E-state index in [1.807, 2.05) is 26.1 Å². The molecule has 1 aromatic heterocycles. The molecule has 1 aromatic carbocycles. The SMILES string of the molecule is CNCc1ccc(S(=O)(=O)N(C)Cc2scnc2C)cc1. The number of nitrogens with one attached hydrogen (secondary N) is 1. The number of aryl methyl sites for hydroxylation is 1. The van der Waals surface area contributed by atoms with Crippen molar-refractivity contribution in [3.05, 3.63) is 45.9 Å². The van der Waals surface area contributed by atoms with Gasteiger partial charge in [-0.2, -0.15) is 4.31 Å². The lowest BCUT2D eigenvalue weighted by Crippen LogP contribution is -2.26. The molecular weight excluding hydrogens is 306 g/mol. The molecule has 0 saturated carbocycles. The Morgan fingerprint density at radius 2 is 1.95 bits per heavy atom. The largest absolute Gasteiger partial charge is 0.316 e. The zero-order valence-corrected chi connectivity index (χ0v) is 14.0. The van der Waals surface area contributed by atoms with Crippen molar-refractivity contribution in [1.82, 2.24) is 14.6 Å². The van der Waals surface area contributed by atoms with Crippen molar-refractivity contribution >= 4 is 21.4 Å². The molecule has 5 nitrogen and oxygen atoms in total. The molecule has 0 aliphatic rings. The van der Waals surface area contributed by atoms with Crippen molar-refractivity contribution in [3.8, 4) is 0 Å². The highest BCUT2D eigenvalue weighted by Crippen LogP contribution is 2.20. The molecule has 0 amide bonds. The maximum Gasteiger partial charge on any atom is 0.243 e. The number of benzene rings is 1. The number of nitrogens with zero attached hydrogens (tertiary/aromatic N) is 2. The third-order valence-corrected chi connectivity index (χ3v) is 5.96. The predicted octanol–water partition coefficient (Wildman–Crippen LogP) is 1.99. The molecule has 2 aromatic rings. The second kappa shape index (κ2) is 6.65. The highest BCUT2D eigenvalue weighted by atomic mass is 32.2. The van der Waals surface area contributed by atoms with Crippen LogP contribution in [0.25, 0.3) is 0 Å². The van der Waals surface area contributed by atoms with E-state index in [4.69, 9.17) is 0 Å². The van der Waals surface area contributed by atoms with Gasteiger partial charge in [-0.15, -0.1) is 11.3 Å². The summed E-state index contributed by atoms with van der Waals surface area (Å²) < 4.78 is 26.4. The molecule has 21 heavy (non-hydrogen) atoms. The zero-order valence-electron chi connectivity index (χ0n) is 12.3. The minimum atomic E-state index is -3.47. The van der Waals surface area contributed by atoms with Crippen LogP contribution in [0.5, 0.6) is 0 Å². The number of hydrogen-bond acceptors (Lipinski definition) is 5. The number of aromatic nitrogens is 1. The van der Waals surface area contributed by atoms with Crippen molar-refractivity contribution in [1.29, 1.82) is 0 Å². The fraction of sp³-hybridized carbons (Fsp3) is 0.357. The van der Waals surface area contributed by atoms with Gasteiger partial charge in [-0.1, -0.05) is 12.1 Å². The monoisotopic (exact) mass is 325 g/mol. The van der Waals surface area contributed by atoms with Crippen LogP contribution >= 0.6 is 11.3 Å². The van der Waals surface area contributed by atoms with Crippen molar-refractivity contribution in [3.63, 3.8) is 0 Å². The van der Waals surface area contributed by atoms with Crippen molar-refractivity contribution in [2.45, 2.75) is 24.9 Å². The molecule has 0 aliphatic carbocycles. The molecule has 0 aliphatic heterocycles. The van der Waals surface area contributed by atoms with Crippen molar-refractivity contribution in [2.24, 2.45) is 0 Å². The first-order valence-electron chi connectivity index (χ1n) is 6.54. The molecule has 0 atom stereocenters. The van der Waals surface area contributed by atoms with Gasteiger partial charge in [-0.05, 0) is 31.7 Å². The van der Waals surface area contributed by atoms with E-state index in [1.165, 1.54) is 15.6 Å². The van der Waals surface area contributed by atoms with Crippen LogP contribution in [0.3, 0.4) is 0 Å². The highest BCUT2D eigenvalue weighted by molar-refractivity contribution is 7.89. The van der Waals surface area contributed by atoms with E-state index in [0.29, 0.717) is 11.4 Å². The van der Waals surface area contributed by atoms with E-state index in [0.717, 1.165) is 22.7 Å². The molecule has 7 heteroatoms. The fourth-order valence-corrected chi connectivity index (χ4v) is 3.98. The van der Waals surface area contributed by atoms with Gasteiger partial charge < -0.3 is 5.32 Å². The van der Waals surface area contributed by atoms with Gasteiger partial charge in [0.25, 0.3) is 0 Å². The topological polar surface area (TPSA) is 62.3 Å². The smallest absolute Gasteiger partial charge is 0.243 e. The first kappa shape index (κ1) is 16.1. The van der Waals surface area contributed by atoms with Crippen molar-refractivity contribution < 1.29 is 8.42 Å². The van der Waals surface area contributed by atoms with Gasteiger partial charge in [0.1, 0.15) is 0 Å². The van der Waals surface area contributed by atoms with Gasteiger partial charge in [0.05, 0.1) is 16.1 Å². The van der Waals surface area contributed by atoms with Crippen LogP contribution in [0.2, 0.25) is 0 Å². The van der Waals surface area contributed by atoms with Crippen LogP contribution in [-0.4, -0.2) is 31.8 Å². The van der Waals surface area contributed by atoms with Crippen LogP contribution in [0.4, 0.5) is 0 Å². The Balaban J connectivity index is 2.18. The molecule has 0 spiro atoms. The lowest BCUT2D eigenvalue weighted by atomic mass is 10.2. The number of hydrogen-bond donors (Lipinski definition) is 1. The Hall–Kier alpha value is -1.28. The van der Waals surface area contributed by atoms with Gasteiger partial charge in [0.2, 0.25) is 10.0 Å². The van der Waals surface area contributed by atoms with Crippen LogP contribution < -0.4 is 5.32 Å². The first-order valence-corrected chi connectivity index (χ1v) is 8.86. The summed E-state index contributed by atoms with van der Waals surface area (Å²) in [5.74, 6) is 0. The summed E-state index contributed by atoms with van der Waals surface area (Å²) in [5, 5.41) is 3.04. The quantitative estimate of drug-likeness (QED) is 0.882. The molecule has 1 heterocycles. The zero-order chi connectivity index (χ0) is 15.5. The summed E-state index contributed by atoms with van der Waals surface area (Å²) in [7, 11) is -0.0215. The van der Waals surface area contributed by atoms with E-state index >= 15 is 0 Å². The Labute approximate surface area is 129 Å². The van der Waals surface area contributed by atoms with Crippen molar-refractivity contribution in [2.75, 3.05) is 14.1 Å². The first-order chi connectivity index (χ1) is 9.95. The lowest BCUT2D eigenvalue weighted by Gasteiger charge is -2.17. The summed E-state index contributed by atoms with van der Waals surface area (Å²) in [6, 6.07) is 6.96. The fourth-order valence-electron chi connectivity index (χ4n) is 1.93. The van der Waals surface area contributed by atoms with E-state index < -0.39 is 10.0 Å². The Bertz CT molecular complexity index is 693.